The molecule has 0 aromatic carbocycles. The lowest BCUT2D eigenvalue weighted by molar-refractivity contribution is 0.412. The van der Waals surface area contributed by atoms with Gasteiger partial charge in [0.15, 0.2) is 0 Å². The summed E-state index contributed by atoms with van der Waals surface area (Å²) in [6, 6.07) is 3.96. The molecule has 0 saturated carbocycles. The van der Waals surface area contributed by atoms with E-state index in [9.17, 15) is 0 Å². The van der Waals surface area contributed by atoms with Crippen molar-refractivity contribution in [3.05, 3.63) is 23.5 Å². The first kappa shape index (κ1) is 12.7. The van der Waals surface area contributed by atoms with Crippen LogP contribution in [0.25, 0.3) is 0 Å². The summed E-state index contributed by atoms with van der Waals surface area (Å²) in [5, 5.41) is 3.49. The molecular weight excluding hydrogens is 232 g/mol. The topological polar surface area (TPSA) is 34.1 Å². The molecule has 1 aromatic heterocycles. The second kappa shape index (κ2) is 6.26. The van der Waals surface area contributed by atoms with Crippen LogP contribution in [0, 0.1) is 12.8 Å². The van der Waals surface area contributed by atoms with Gasteiger partial charge < -0.3 is 10.1 Å². The van der Waals surface area contributed by atoms with E-state index in [4.69, 9.17) is 4.74 Å². The Kier molecular flexibility index (Phi) is 4.68. The number of hydrogen-bond acceptors (Lipinski definition) is 4. The first-order valence-corrected chi connectivity index (χ1v) is 7.23. The molecule has 0 radical (unpaired) electrons. The van der Waals surface area contributed by atoms with Crippen molar-refractivity contribution < 1.29 is 4.74 Å². The Morgan fingerprint density at radius 3 is 3.12 bits per heavy atom. The molecule has 4 heteroatoms. The molecule has 0 aliphatic carbocycles. The molecule has 1 atom stereocenters. The summed E-state index contributed by atoms with van der Waals surface area (Å²) in [5.74, 6) is 4.36. The van der Waals surface area contributed by atoms with Crippen LogP contribution in [0.1, 0.15) is 17.8 Å². The highest BCUT2D eigenvalue weighted by Gasteiger charge is 2.14. The minimum Gasteiger partial charge on any atom is -0.497 e. The van der Waals surface area contributed by atoms with Gasteiger partial charge in [0.05, 0.1) is 12.8 Å². The average molecular weight is 252 g/mol. The normalized spacial score (nSPS) is 19.5. The number of thioether (sulfide) groups is 1. The van der Waals surface area contributed by atoms with Crippen LogP contribution in [-0.2, 0) is 6.54 Å². The first-order chi connectivity index (χ1) is 8.28. The fraction of sp³-hybridized carbons (Fsp3) is 0.615. The van der Waals surface area contributed by atoms with Gasteiger partial charge in [-0.3, -0.25) is 4.98 Å². The van der Waals surface area contributed by atoms with Crippen molar-refractivity contribution in [3.63, 3.8) is 0 Å². The van der Waals surface area contributed by atoms with Crippen LogP contribution in [0.3, 0.4) is 0 Å². The van der Waals surface area contributed by atoms with Crippen molar-refractivity contribution in [2.45, 2.75) is 19.9 Å². The van der Waals surface area contributed by atoms with Gasteiger partial charge in [-0.25, -0.2) is 0 Å². The molecule has 0 spiro atoms. The number of nitrogens with zero attached hydrogens (tertiary/aromatic N) is 1. The van der Waals surface area contributed by atoms with Crippen molar-refractivity contribution in [1.82, 2.24) is 10.3 Å². The summed E-state index contributed by atoms with van der Waals surface area (Å²) in [6.45, 7) is 3.93. The van der Waals surface area contributed by atoms with E-state index in [1.165, 1.54) is 17.9 Å². The van der Waals surface area contributed by atoms with Crippen molar-refractivity contribution in [1.29, 1.82) is 0 Å². The van der Waals surface area contributed by atoms with Gasteiger partial charge >= 0.3 is 0 Å². The number of nitrogens with one attached hydrogen (secondary N) is 1. The zero-order valence-electron chi connectivity index (χ0n) is 10.5. The van der Waals surface area contributed by atoms with E-state index in [-0.39, 0.29) is 0 Å². The highest BCUT2D eigenvalue weighted by molar-refractivity contribution is 7.99. The summed E-state index contributed by atoms with van der Waals surface area (Å²) in [5.41, 5.74) is 2.07. The van der Waals surface area contributed by atoms with Crippen LogP contribution in [-0.4, -0.2) is 30.1 Å². The van der Waals surface area contributed by atoms with Crippen LogP contribution in [0.4, 0.5) is 0 Å². The summed E-state index contributed by atoms with van der Waals surface area (Å²) < 4.78 is 5.24. The Morgan fingerprint density at radius 1 is 1.53 bits per heavy atom. The maximum atomic E-state index is 5.24. The molecule has 0 amide bonds. The SMILES string of the molecule is COc1cc(C)nc(CNCC2CCSC2)c1. The molecule has 94 valence electrons. The molecule has 2 heterocycles. The summed E-state index contributed by atoms with van der Waals surface area (Å²) in [7, 11) is 1.70. The number of ether oxygens (including phenoxy) is 1. The number of rotatable bonds is 5. The minimum atomic E-state index is 0.833. The van der Waals surface area contributed by atoms with E-state index in [0.29, 0.717) is 0 Å². The number of pyridine rings is 1. The average Bonchev–Trinajstić information content (AvgIpc) is 2.81. The van der Waals surface area contributed by atoms with E-state index < -0.39 is 0 Å². The van der Waals surface area contributed by atoms with Gasteiger partial charge in [0.1, 0.15) is 5.75 Å². The third-order valence-corrected chi connectivity index (χ3v) is 4.21. The first-order valence-electron chi connectivity index (χ1n) is 6.08. The largest absolute Gasteiger partial charge is 0.497 e. The number of hydrogen-bond donors (Lipinski definition) is 1. The fourth-order valence-corrected chi connectivity index (χ4v) is 3.34. The molecule has 1 saturated heterocycles. The van der Waals surface area contributed by atoms with Crippen molar-refractivity contribution in [2.24, 2.45) is 5.92 Å². The molecule has 0 bridgehead atoms. The van der Waals surface area contributed by atoms with Gasteiger partial charge in [-0.2, -0.15) is 11.8 Å². The Hall–Kier alpha value is -0.740. The summed E-state index contributed by atoms with van der Waals surface area (Å²) >= 11 is 2.06. The van der Waals surface area contributed by atoms with Gasteiger partial charge in [-0.05, 0) is 37.3 Å². The van der Waals surface area contributed by atoms with Crippen molar-refractivity contribution in [2.75, 3.05) is 25.2 Å². The van der Waals surface area contributed by atoms with Gasteiger partial charge in [-0.15, -0.1) is 0 Å². The van der Waals surface area contributed by atoms with E-state index in [1.807, 2.05) is 19.1 Å². The third-order valence-electron chi connectivity index (χ3n) is 2.98. The van der Waals surface area contributed by atoms with Gasteiger partial charge in [0, 0.05) is 24.4 Å². The van der Waals surface area contributed by atoms with Crippen LogP contribution < -0.4 is 10.1 Å². The molecule has 1 N–H and O–H groups in total. The molecule has 1 unspecified atom stereocenters. The predicted octanol–water partition coefficient (Wildman–Crippen LogP) is 2.24. The maximum absolute atomic E-state index is 5.24. The van der Waals surface area contributed by atoms with E-state index in [1.54, 1.807) is 7.11 Å². The number of aryl methyl sites for hydroxylation is 1. The lowest BCUT2D eigenvalue weighted by Crippen LogP contribution is -2.22. The Balaban J connectivity index is 1.83. The zero-order valence-corrected chi connectivity index (χ0v) is 11.3. The van der Waals surface area contributed by atoms with Crippen molar-refractivity contribution >= 4 is 11.8 Å². The molecule has 1 aliphatic heterocycles. The van der Waals surface area contributed by atoms with Crippen LogP contribution in [0.2, 0.25) is 0 Å². The molecule has 1 aliphatic rings. The highest BCUT2D eigenvalue weighted by Crippen LogP contribution is 2.22. The molecule has 17 heavy (non-hydrogen) atoms. The lowest BCUT2D eigenvalue weighted by Gasteiger charge is -2.10. The third kappa shape index (κ3) is 3.89. The van der Waals surface area contributed by atoms with Gasteiger partial charge in [-0.1, -0.05) is 0 Å². The minimum absolute atomic E-state index is 0.833. The maximum Gasteiger partial charge on any atom is 0.122 e. The molecule has 3 nitrogen and oxygen atoms in total. The molecular formula is C13H20N2OS. The standard InChI is InChI=1S/C13H20N2OS/c1-10-5-13(16-2)6-12(15-10)8-14-7-11-3-4-17-9-11/h5-6,11,14H,3-4,7-9H2,1-2H3. The summed E-state index contributed by atoms with van der Waals surface area (Å²) in [4.78, 5) is 4.50. The van der Waals surface area contributed by atoms with E-state index in [0.717, 1.165) is 36.1 Å². The smallest absolute Gasteiger partial charge is 0.122 e. The monoisotopic (exact) mass is 252 g/mol. The van der Waals surface area contributed by atoms with Gasteiger partial charge in [0.25, 0.3) is 0 Å². The second-order valence-corrected chi connectivity index (χ2v) is 5.65. The number of methoxy groups -OCH3 is 1. The zero-order chi connectivity index (χ0) is 12.1. The predicted molar refractivity (Wildman–Crippen MR) is 72.7 cm³/mol. The van der Waals surface area contributed by atoms with Crippen LogP contribution in [0.15, 0.2) is 12.1 Å². The quantitative estimate of drug-likeness (QED) is 0.871. The Morgan fingerprint density at radius 2 is 2.41 bits per heavy atom. The molecule has 1 fully saturated rings. The second-order valence-electron chi connectivity index (χ2n) is 4.50. The number of aromatic nitrogens is 1. The summed E-state index contributed by atoms with van der Waals surface area (Å²) in [6.07, 6.45) is 1.35. The van der Waals surface area contributed by atoms with Crippen LogP contribution in [0.5, 0.6) is 5.75 Å². The van der Waals surface area contributed by atoms with Crippen molar-refractivity contribution in [3.8, 4) is 5.75 Å². The Bertz CT molecular complexity index is 364. The highest BCUT2D eigenvalue weighted by atomic mass is 32.2. The lowest BCUT2D eigenvalue weighted by atomic mass is 10.1. The van der Waals surface area contributed by atoms with Gasteiger partial charge in [0.2, 0.25) is 0 Å². The fourth-order valence-electron chi connectivity index (χ4n) is 2.06. The molecule has 1 aromatic rings. The van der Waals surface area contributed by atoms with E-state index in [2.05, 4.69) is 22.1 Å². The van der Waals surface area contributed by atoms with Crippen LogP contribution >= 0.6 is 11.8 Å². The van der Waals surface area contributed by atoms with E-state index >= 15 is 0 Å². The molecule has 2 rings (SSSR count). The Labute approximate surface area is 107 Å².